The molecule has 0 atom stereocenters. The molecular formula is C23H22N2O5. The van der Waals surface area contributed by atoms with Crippen molar-refractivity contribution in [1.82, 2.24) is 0 Å². The maximum Gasteiger partial charge on any atom is 0.340 e. The van der Waals surface area contributed by atoms with Crippen molar-refractivity contribution in [3.05, 3.63) is 78.4 Å². The summed E-state index contributed by atoms with van der Waals surface area (Å²) in [5.74, 6) is -0.0234. The molecule has 0 bridgehead atoms. The van der Waals surface area contributed by atoms with Gasteiger partial charge in [-0.1, -0.05) is 30.3 Å². The molecule has 2 N–H and O–H groups in total. The van der Waals surface area contributed by atoms with Gasteiger partial charge in [0.05, 0.1) is 25.5 Å². The first-order chi connectivity index (χ1) is 14.6. The van der Waals surface area contributed by atoms with Gasteiger partial charge >= 0.3 is 5.97 Å². The predicted molar refractivity (Wildman–Crippen MR) is 115 cm³/mol. The van der Waals surface area contributed by atoms with E-state index in [4.69, 9.17) is 14.2 Å². The van der Waals surface area contributed by atoms with Crippen molar-refractivity contribution in [3.63, 3.8) is 0 Å². The third-order valence-corrected chi connectivity index (χ3v) is 4.17. The summed E-state index contributed by atoms with van der Waals surface area (Å²) >= 11 is 0. The number of anilines is 3. The molecule has 3 aromatic carbocycles. The van der Waals surface area contributed by atoms with Crippen molar-refractivity contribution in [3.8, 4) is 11.5 Å². The largest absolute Gasteiger partial charge is 0.497 e. The molecule has 30 heavy (non-hydrogen) atoms. The second-order valence-electron chi connectivity index (χ2n) is 6.26. The SMILES string of the molecule is COc1cc(NC(=O)COC(=O)c2ccccc2Nc2ccccc2)cc(OC)c1. The van der Waals surface area contributed by atoms with Gasteiger partial charge in [-0.3, -0.25) is 4.79 Å². The normalized spacial score (nSPS) is 10.1. The van der Waals surface area contributed by atoms with Gasteiger partial charge in [-0.25, -0.2) is 4.79 Å². The summed E-state index contributed by atoms with van der Waals surface area (Å²) < 4.78 is 15.5. The molecule has 3 aromatic rings. The van der Waals surface area contributed by atoms with E-state index in [1.54, 1.807) is 36.4 Å². The minimum atomic E-state index is -0.604. The van der Waals surface area contributed by atoms with Crippen molar-refractivity contribution in [1.29, 1.82) is 0 Å². The topological polar surface area (TPSA) is 85.9 Å². The van der Waals surface area contributed by atoms with E-state index in [1.165, 1.54) is 14.2 Å². The maximum atomic E-state index is 12.5. The summed E-state index contributed by atoms with van der Waals surface area (Å²) in [5.41, 5.74) is 2.23. The van der Waals surface area contributed by atoms with Crippen LogP contribution in [0, 0.1) is 0 Å². The molecule has 0 fully saturated rings. The van der Waals surface area contributed by atoms with Gasteiger partial charge < -0.3 is 24.8 Å². The molecule has 0 radical (unpaired) electrons. The number of esters is 1. The number of amides is 1. The molecule has 0 unspecified atom stereocenters. The highest BCUT2D eigenvalue weighted by molar-refractivity contribution is 5.99. The Morgan fingerprint density at radius 1 is 0.800 bits per heavy atom. The smallest absolute Gasteiger partial charge is 0.340 e. The molecule has 0 spiro atoms. The third kappa shape index (κ3) is 5.51. The Hall–Kier alpha value is -4.00. The first-order valence-electron chi connectivity index (χ1n) is 9.20. The Kier molecular flexibility index (Phi) is 6.89. The average Bonchev–Trinajstić information content (AvgIpc) is 2.78. The highest BCUT2D eigenvalue weighted by Crippen LogP contribution is 2.26. The lowest BCUT2D eigenvalue weighted by atomic mass is 10.1. The van der Waals surface area contributed by atoms with Crippen LogP contribution in [0.4, 0.5) is 17.1 Å². The van der Waals surface area contributed by atoms with Crippen LogP contribution in [0.3, 0.4) is 0 Å². The number of nitrogens with one attached hydrogen (secondary N) is 2. The standard InChI is InChI=1S/C23H22N2O5/c1-28-18-12-17(13-19(14-18)29-2)25-22(26)15-30-23(27)20-10-6-7-11-21(20)24-16-8-4-3-5-9-16/h3-14,24H,15H2,1-2H3,(H,25,26). The van der Waals surface area contributed by atoms with Gasteiger partial charge in [-0.2, -0.15) is 0 Å². The molecule has 0 saturated carbocycles. The lowest BCUT2D eigenvalue weighted by Crippen LogP contribution is -2.21. The number of ether oxygens (including phenoxy) is 3. The molecule has 0 aromatic heterocycles. The van der Waals surface area contributed by atoms with Crippen LogP contribution in [0.15, 0.2) is 72.8 Å². The Morgan fingerprint density at radius 2 is 1.43 bits per heavy atom. The van der Waals surface area contributed by atoms with Crippen LogP contribution < -0.4 is 20.1 Å². The van der Waals surface area contributed by atoms with Crippen LogP contribution in [-0.4, -0.2) is 32.7 Å². The zero-order valence-electron chi connectivity index (χ0n) is 16.7. The summed E-state index contributed by atoms with van der Waals surface area (Å²) in [5, 5.41) is 5.84. The predicted octanol–water partition coefficient (Wildman–Crippen LogP) is 4.24. The minimum Gasteiger partial charge on any atom is -0.497 e. The van der Waals surface area contributed by atoms with E-state index in [2.05, 4.69) is 10.6 Å². The minimum absolute atomic E-state index is 0.331. The van der Waals surface area contributed by atoms with Crippen LogP contribution in [0.25, 0.3) is 0 Å². The molecule has 3 rings (SSSR count). The number of methoxy groups -OCH3 is 2. The number of rotatable bonds is 8. The van der Waals surface area contributed by atoms with Crippen molar-refractivity contribution >= 4 is 28.9 Å². The molecule has 0 aliphatic heterocycles. The maximum absolute atomic E-state index is 12.5. The molecule has 0 saturated heterocycles. The number of hydrogen-bond acceptors (Lipinski definition) is 6. The van der Waals surface area contributed by atoms with Gasteiger partial charge in [0.2, 0.25) is 0 Å². The lowest BCUT2D eigenvalue weighted by molar-refractivity contribution is -0.119. The highest BCUT2D eigenvalue weighted by atomic mass is 16.5. The van der Waals surface area contributed by atoms with Gasteiger partial charge in [-0.15, -0.1) is 0 Å². The number of benzene rings is 3. The van der Waals surface area contributed by atoms with Gasteiger partial charge in [0.25, 0.3) is 5.91 Å². The fourth-order valence-electron chi connectivity index (χ4n) is 2.73. The summed E-state index contributed by atoms with van der Waals surface area (Å²) in [7, 11) is 3.03. The van der Waals surface area contributed by atoms with Gasteiger partial charge in [0.1, 0.15) is 11.5 Å². The fourth-order valence-corrected chi connectivity index (χ4v) is 2.73. The van der Waals surface area contributed by atoms with Crippen LogP contribution >= 0.6 is 0 Å². The highest BCUT2D eigenvalue weighted by Gasteiger charge is 2.15. The van der Waals surface area contributed by atoms with Gasteiger partial charge in [-0.05, 0) is 24.3 Å². The number of carbonyl (C=O) groups is 2. The second-order valence-corrected chi connectivity index (χ2v) is 6.26. The van der Waals surface area contributed by atoms with E-state index < -0.39 is 18.5 Å². The number of carbonyl (C=O) groups excluding carboxylic acids is 2. The van der Waals surface area contributed by atoms with Gasteiger partial charge in [0, 0.05) is 29.6 Å². The number of hydrogen-bond donors (Lipinski definition) is 2. The van der Waals surface area contributed by atoms with Gasteiger partial charge in [0.15, 0.2) is 6.61 Å². The Labute approximate surface area is 174 Å². The third-order valence-electron chi connectivity index (χ3n) is 4.17. The monoisotopic (exact) mass is 406 g/mol. The van der Waals surface area contributed by atoms with Crippen molar-refractivity contribution in [2.45, 2.75) is 0 Å². The molecule has 0 heterocycles. The summed E-state index contributed by atoms with van der Waals surface area (Å²) in [6.07, 6.45) is 0. The summed E-state index contributed by atoms with van der Waals surface area (Å²) in [6.45, 7) is -0.433. The summed E-state index contributed by atoms with van der Waals surface area (Å²) in [4.78, 5) is 24.8. The molecule has 0 aliphatic rings. The zero-order chi connectivity index (χ0) is 21.3. The molecule has 0 aliphatic carbocycles. The van der Waals surface area contributed by atoms with Crippen LogP contribution in [0.2, 0.25) is 0 Å². The van der Waals surface area contributed by atoms with Crippen LogP contribution in [0.5, 0.6) is 11.5 Å². The van der Waals surface area contributed by atoms with Crippen molar-refractivity contribution in [2.24, 2.45) is 0 Å². The Bertz CT molecular complexity index is 999. The van der Waals surface area contributed by atoms with E-state index in [1.807, 2.05) is 36.4 Å². The lowest BCUT2D eigenvalue weighted by Gasteiger charge is -2.12. The first kappa shape index (κ1) is 20.7. The van der Waals surface area contributed by atoms with E-state index >= 15 is 0 Å². The Morgan fingerprint density at radius 3 is 2.10 bits per heavy atom. The second kappa shape index (κ2) is 9.97. The van der Waals surface area contributed by atoms with E-state index in [0.29, 0.717) is 28.4 Å². The molecule has 7 heteroatoms. The molecular weight excluding hydrogens is 384 g/mol. The van der Waals surface area contributed by atoms with E-state index in [-0.39, 0.29) is 0 Å². The zero-order valence-corrected chi connectivity index (χ0v) is 16.7. The van der Waals surface area contributed by atoms with Crippen LogP contribution in [0.1, 0.15) is 10.4 Å². The van der Waals surface area contributed by atoms with E-state index in [0.717, 1.165) is 5.69 Å². The van der Waals surface area contributed by atoms with Crippen molar-refractivity contribution in [2.75, 3.05) is 31.5 Å². The molecule has 1 amide bonds. The van der Waals surface area contributed by atoms with Crippen molar-refractivity contribution < 1.29 is 23.8 Å². The molecule has 7 nitrogen and oxygen atoms in total. The quantitative estimate of drug-likeness (QED) is 0.544. The first-order valence-corrected chi connectivity index (χ1v) is 9.20. The summed E-state index contributed by atoms with van der Waals surface area (Å²) in [6, 6.07) is 21.4. The van der Waals surface area contributed by atoms with E-state index in [9.17, 15) is 9.59 Å². The fraction of sp³-hybridized carbons (Fsp3) is 0.130. The Balaban J connectivity index is 1.63. The number of para-hydroxylation sites is 2. The van der Waals surface area contributed by atoms with Crippen LogP contribution in [-0.2, 0) is 9.53 Å². The molecule has 154 valence electrons. The average molecular weight is 406 g/mol.